The zero-order chi connectivity index (χ0) is 35.6. The van der Waals surface area contributed by atoms with Crippen molar-refractivity contribution in [3.8, 4) is 0 Å². The largest absolute Gasteiger partial charge is 0.463 e. The number of ketones is 2. The Balaban J connectivity index is 1.28. The molecule has 4 aromatic carbocycles. The van der Waals surface area contributed by atoms with E-state index in [-0.39, 0.29) is 37.4 Å². The van der Waals surface area contributed by atoms with Gasteiger partial charge in [0.15, 0.2) is 17.9 Å². The highest BCUT2D eigenvalue weighted by Gasteiger charge is 2.20. The van der Waals surface area contributed by atoms with Gasteiger partial charge < -0.3 is 29.0 Å². The highest BCUT2D eigenvalue weighted by atomic mass is 16.6. The molecule has 5 rings (SSSR count). The van der Waals surface area contributed by atoms with Crippen molar-refractivity contribution in [3.05, 3.63) is 131 Å². The molecule has 0 bridgehead atoms. The first-order valence-corrected chi connectivity index (χ1v) is 16.9. The number of aliphatic hydroxyl groups is 2. The average molecular weight is 678 g/mol. The topological polar surface area (TPSA) is 124 Å². The summed E-state index contributed by atoms with van der Waals surface area (Å²) in [4.78, 5) is 38.2. The van der Waals surface area contributed by atoms with Gasteiger partial charge >= 0.3 is 5.97 Å². The maximum absolute atomic E-state index is 13.8. The lowest BCUT2D eigenvalue weighted by atomic mass is 9.98. The van der Waals surface area contributed by atoms with Crippen LogP contribution in [-0.2, 0) is 19.0 Å². The number of hydrogen-bond donors (Lipinski definition) is 2. The number of aliphatic hydroxyl groups excluding tert-OH is 2. The van der Waals surface area contributed by atoms with Gasteiger partial charge in [0.2, 0.25) is 0 Å². The number of nitrogens with zero attached hydrogens (tertiary/aromatic N) is 1. The summed E-state index contributed by atoms with van der Waals surface area (Å²) >= 11 is 0. The molecular weight excluding hydrogens is 634 g/mol. The van der Waals surface area contributed by atoms with Crippen LogP contribution in [0.5, 0.6) is 0 Å². The van der Waals surface area contributed by atoms with Crippen molar-refractivity contribution in [2.75, 3.05) is 26.4 Å². The van der Waals surface area contributed by atoms with Gasteiger partial charge in [-0.3, -0.25) is 9.59 Å². The van der Waals surface area contributed by atoms with E-state index in [1.54, 1.807) is 36.4 Å². The van der Waals surface area contributed by atoms with Crippen molar-refractivity contribution < 1.29 is 38.8 Å². The summed E-state index contributed by atoms with van der Waals surface area (Å²) in [6.07, 6.45) is 0.934. The quantitative estimate of drug-likeness (QED) is 0.0330. The van der Waals surface area contributed by atoms with Crippen LogP contribution in [0, 0.1) is 0 Å². The van der Waals surface area contributed by atoms with E-state index < -0.39 is 18.4 Å². The van der Waals surface area contributed by atoms with Gasteiger partial charge in [0.1, 0.15) is 6.10 Å². The van der Waals surface area contributed by atoms with Crippen LogP contribution >= 0.6 is 0 Å². The van der Waals surface area contributed by atoms with Crippen molar-refractivity contribution in [3.63, 3.8) is 0 Å². The molecule has 1 heterocycles. The molecule has 3 unspecified atom stereocenters. The van der Waals surface area contributed by atoms with Crippen LogP contribution in [0.4, 0.5) is 0 Å². The molecule has 0 aliphatic heterocycles. The van der Waals surface area contributed by atoms with Crippen molar-refractivity contribution in [1.29, 1.82) is 0 Å². The average Bonchev–Trinajstić information content (AvgIpc) is 3.48. The summed E-state index contributed by atoms with van der Waals surface area (Å²) in [6, 6.07) is 27.4. The number of rotatable bonds is 18. The molecule has 0 radical (unpaired) electrons. The number of aromatic nitrogens is 1. The highest BCUT2D eigenvalue weighted by Crippen LogP contribution is 2.35. The lowest BCUT2D eigenvalue weighted by Gasteiger charge is -2.17. The van der Waals surface area contributed by atoms with E-state index in [0.29, 0.717) is 47.3 Å². The standard InChI is InChI=1S/C41H43NO8/c1-4-27(3)42-36-18-16-30(39(45)28-12-7-6-8-13-28)23-34(36)35-24-31(17-19-37(35)42)40(46)29-14-11-15-32(22-29)41(47)50-26-33(43)25-48-20-9-10-21-49-38(44)5-2/h5-8,11-19,22-24,27,33,41,43,47H,2,4,9-10,20-21,25-26H2,1,3H3. The van der Waals surface area contributed by atoms with E-state index in [9.17, 15) is 24.6 Å². The molecule has 2 N–H and O–H groups in total. The Morgan fingerprint density at radius 3 is 2.00 bits per heavy atom. The Morgan fingerprint density at radius 2 is 1.36 bits per heavy atom. The van der Waals surface area contributed by atoms with Gasteiger partial charge in [-0.1, -0.05) is 62.0 Å². The summed E-state index contributed by atoms with van der Waals surface area (Å²) in [7, 11) is 0. The third kappa shape index (κ3) is 8.61. The number of hydrogen-bond acceptors (Lipinski definition) is 8. The molecule has 0 aliphatic rings. The molecule has 260 valence electrons. The SMILES string of the molecule is C=CC(=O)OCCCCOCC(O)COC(O)c1cccc(C(=O)c2ccc3c(c2)c2cc(C(=O)c4ccccc4)ccc2n3C(C)CC)c1. The van der Waals surface area contributed by atoms with E-state index in [1.807, 2.05) is 54.6 Å². The molecule has 0 amide bonds. The Kier molecular flexibility index (Phi) is 12.5. The Bertz CT molecular complexity index is 1960. The van der Waals surface area contributed by atoms with Crippen LogP contribution in [0.15, 0.2) is 104 Å². The van der Waals surface area contributed by atoms with Crippen LogP contribution in [0.25, 0.3) is 21.8 Å². The smallest absolute Gasteiger partial charge is 0.330 e. The third-order valence-electron chi connectivity index (χ3n) is 8.68. The maximum Gasteiger partial charge on any atom is 0.330 e. The van der Waals surface area contributed by atoms with Crippen LogP contribution in [-0.4, -0.2) is 64.8 Å². The van der Waals surface area contributed by atoms with Gasteiger partial charge in [0.25, 0.3) is 0 Å². The summed E-state index contributed by atoms with van der Waals surface area (Å²) in [5.41, 5.74) is 4.37. The molecule has 0 aliphatic carbocycles. The fraction of sp³-hybridized carbons (Fsp3) is 0.293. The van der Waals surface area contributed by atoms with Crippen molar-refractivity contribution in [1.82, 2.24) is 4.57 Å². The fourth-order valence-corrected chi connectivity index (χ4v) is 5.85. The second-order valence-electron chi connectivity index (χ2n) is 12.2. The van der Waals surface area contributed by atoms with Crippen LogP contribution in [0.3, 0.4) is 0 Å². The monoisotopic (exact) mass is 677 g/mol. The first-order chi connectivity index (χ1) is 24.2. The number of esters is 1. The summed E-state index contributed by atoms with van der Waals surface area (Å²) < 4.78 is 18.1. The van der Waals surface area contributed by atoms with E-state index in [0.717, 1.165) is 34.3 Å². The van der Waals surface area contributed by atoms with Crippen molar-refractivity contribution >= 4 is 39.3 Å². The maximum atomic E-state index is 13.8. The summed E-state index contributed by atoms with van der Waals surface area (Å²) in [5, 5.41) is 22.7. The van der Waals surface area contributed by atoms with Crippen LogP contribution in [0.1, 0.15) is 82.8 Å². The number of unbranched alkanes of at least 4 members (excludes halogenated alkanes) is 1. The Morgan fingerprint density at radius 1 is 0.760 bits per heavy atom. The minimum absolute atomic E-state index is 0.00944. The van der Waals surface area contributed by atoms with Gasteiger partial charge in [0.05, 0.1) is 19.8 Å². The minimum Gasteiger partial charge on any atom is -0.463 e. The zero-order valence-electron chi connectivity index (χ0n) is 28.4. The predicted molar refractivity (Wildman–Crippen MR) is 192 cm³/mol. The van der Waals surface area contributed by atoms with Gasteiger partial charge in [0, 0.05) is 68.3 Å². The molecule has 5 aromatic rings. The van der Waals surface area contributed by atoms with E-state index >= 15 is 0 Å². The first-order valence-electron chi connectivity index (χ1n) is 16.9. The number of carbonyl (C=O) groups excluding carboxylic acids is 3. The number of fused-ring (bicyclic) bond motifs is 3. The molecule has 9 heteroatoms. The van der Waals surface area contributed by atoms with Gasteiger partial charge in [-0.15, -0.1) is 0 Å². The molecule has 1 aromatic heterocycles. The predicted octanol–water partition coefficient (Wildman–Crippen LogP) is 7.12. The number of carbonyl (C=O) groups is 3. The lowest BCUT2D eigenvalue weighted by molar-refractivity contribution is -0.138. The molecule has 3 atom stereocenters. The Hall–Kier alpha value is -4.93. The van der Waals surface area contributed by atoms with Crippen LogP contribution < -0.4 is 0 Å². The zero-order valence-corrected chi connectivity index (χ0v) is 28.4. The summed E-state index contributed by atoms with van der Waals surface area (Å²) in [6.45, 7) is 8.09. The lowest BCUT2D eigenvalue weighted by Crippen LogP contribution is -2.23. The second-order valence-corrected chi connectivity index (χ2v) is 12.2. The van der Waals surface area contributed by atoms with Crippen molar-refractivity contribution in [2.45, 2.75) is 51.5 Å². The molecule has 0 saturated heterocycles. The molecule has 0 saturated carbocycles. The van der Waals surface area contributed by atoms with Gasteiger partial charge in [-0.25, -0.2) is 4.79 Å². The molecule has 0 spiro atoms. The molecule has 50 heavy (non-hydrogen) atoms. The van der Waals surface area contributed by atoms with Crippen molar-refractivity contribution in [2.24, 2.45) is 0 Å². The highest BCUT2D eigenvalue weighted by molar-refractivity contribution is 6.17. The fourth-order valence-electron chi connectivity index (χ4n) is 5.85. The van der Waals surface area contributed by atoms with Gasteiger partial charge in [-0.05, 0) is 68.7 Å². The normalized spacial score (nSPS) is 13.2. The van der Waals surface area contributed by atoms with Crippen LogP contribution in [0.2, 0.25) is 0 Å². The van der Waals surface area contributed by atoms with E-state index in [4.69, 9.17) is 14.2 Å². The first kappa shape index (κ1) is 36.4. The molecule has 0 fully saturated rings. The third-order valence-corrected chi connectivity index (χ3v) is 8.68. The van der Waals surface area contributed by atoms with E-state index in [2.05, 4.69) is 25.0 Å². The van der Waals surface area contributed by atoms with Gasteiger partial charge in [-0.2, -0.15) is 0 Å². The number of ether oxygens (including phenoxy) is 3. The minimum atomic E-state index is -1.37. The molecular formula is C41H43NO8. The summed E-state index contributed by atoms with van der Waals surface area (Å²) in [5.74, 6) is -0.764. The second kappa shape index (κ2) is 17.1. The van der Waals surface area contributed by atoms with E-state index in [1.165, 1.54) is 0 Å². The number of benzene rings is 4. The Labute approximate surface area is 291 Å². The molecule has 9 nitrogen and oxygen atoms in total.